The second kappa shape index (κ2) is 8.31. The lowest BCUT2D eigenvalue weighted by Crippen LogP contribution is -2.42. The van der Waals surface area contributed by atoms with Gasteiger partial charge in [0.2, 0.25) is 0 Å². The lowest BCUT2D eigenvalue weighted by Gasteiger charge is -2.36. The molecule has 0 unspecified atom stereocenters. The number of likely N-dealkylation sites (tertiary alicyclic amines) is 1. The molecule has 2 aliphatic rings. The first-order valence-electron chi connectivity index (χ1n) is 10.9. The molecule has 1 amide bonds. The minimum atomic E-state index is -4.11. The number of hydrogen-bond donors (Lipinski definition) is 0. The first-order chi connectivity index (χ1) is 14.7. The van der Waals surface area contributed by atoms with Gasteiger partial charge in [-0.25, -0.2) is 14.3 Å². The number of carbonyl (C=O) groups is 1. The molecule has 0 spiro atoms. The van der Waals surface area contributed by atoms with Gasteiger partial charge in [-0.1, -0.05) is 6.92 Å². The third-order valence-electron chi connectivity index (χ3n) is 6.98. The highest BCUT2D eigenvalue weighted by molar-refractivity contribution is 5.67. The maximum Gasteiger partial charge on any atom is 0.409 e. The van der Waals surface area contributed by atoms with Gasteiger partial charge < -0.3 is 9.64 Å². The van der Waals surface area contributed by atoms with Crippen LogP contribution in [0.3, 0.4) is 0 Å². The molecule has 0 aromatic carbocycles. The van der Waals surface area contributed by atoms with Gasteiger partial charge in [-0.05, 0) is 51.0 Å². The van der Waals surface area contributed by atoms with Crippen LogP contribution in [0.25, 0.3) is 5.65 Å². The first-order valence-corrected chi connectivity index (χ1v) is 10.9. The Morgan fingerprint density at radius 2 is 1.87 bits per heavy atom. The van der Waals surface area contributed by atoms with Crippen molar-refractivity contribution in [3.8, 4) is 0 Å². The molecule has 31 heavy (non-hydrogen) atoms. The Labute approximate surface area is 179 Å². The molecule has 2 fully saturated rings. The summed E-state index contributed by atoms with van der Waals surface area (Å²) in [4.78, 5) is 18.4. The van der Waals surface area contributed by atoms with E-state index in [4.69, 9.17) is 9.84 Å². The van der Waals surface area contributed by atoms with Gasteiger partial charge in [-0.3, -0.25) is 0 Å². The Bertz CT molecular complexity index is 950. The number of piperidine rings is 1. The molecule has 2 aromatic heterocycles. The van der Waals surface area contributed by atoms with Gasteiger partial charge in [0.15, 0.2) is 5.65 Å². The molecule has 4 rings (SSSR count). The summed E-state index contributed by atoms with van der Waals surface area (Å²) in [7, 11) is 1.39. The van der Waals surface area contributed by atoms with Crippen LogP contribution in [0.5, 0.6) is 0 Å². The number of alkyl halides is 3. The molecule has 170 valence electrons. The largest absolute Gasteiger partial charge is 0.453 e. The van der Waals surface area contributed by atoms with E-state index in [-0.39, 0.29) is 30.8 Å². The molecule has 0 N–H and O–H groups in total. The van der Waals surface area contributed by atoms with Gasteiger partial charge in [-0.2, -0.15) is 18.3 Å². The van der Waals surface area contributed by atoms with Crippen LogP contribution in [-0.4, -0.2) is 52.0 Å². The fourth-order valence-electron chi connectivity index (χ4n) is 5.08. The van der Waals surface area contributed by atoms with Crippen molar-refractivity contribution in [3.63, 3.8) is 0 Å². The van der Waals surface area contributed by atoms with E-state index < -0.39 is 12.1 Å². The number of fused-ring (bicyclic) bond motifs is 1. The summed E-state index contributed by atoms with van der Waals surface area (Å²) < 4.78 is 45.8. The third kappa shape index (κ3) is 4.36. The number of carbonyl (C=O) groups excluding carboxylic acids is 1. The lowest BCUT2D eigenvalue weighted by atomic mass is 9.80. The van der Waals surface area contributed by atoms with E-state index in [2.05, 4.69) is 11.9 Å². The van der Waals surface area contributed by atoms with Gasteiger partial charge in [0.1, 0.15) is 0 Å². The zero-order valence-corrected chi connectivity index (χ0v) is 18.2. The number of amides is 1. The molecule has 9 heteroatoms. The van der Waals surface area contributed by atoms with E-state index in [1.807, 2.05) is 23.6 Å². The molecule has 1 aliphatic carbocycles. The van der Waals surface area contributed by atoms with E-state index >= 15 is 0 Å². The predicted molar refractivity (Wildman–Crippen MR) is 109 cm³/mol. The van der Waals surface area contributed by atoms with Crippen LogP contribution in [-0.2, 0) is 4.74 Å². The van der Waals surface area contributed by atoms with Crippen LogP contribution in [0.4, 0.5) is 18.0 Å². The van der Waals surface area contributed by atoms with Crippen LogP contribution in [0, 0.1) is 18.8 Å². The van der Waals surface area contributed by atoms with Gasteiger partial charge in [0, 0.05) is 36.7 Å². The van der Waals surface area contributed by atoms with Crippen LogP contribution in [0.2, 0.25) is 0 Å². The summed E-state index contributed by atoms with van der Waals surface area (Å²) in [5.41, 5.74) is 3.37. The van der Waals surface area contributed by atoms with E-state index in [1.165, 1.54) is 7.11 Å². The Hall–Kier alpha value is -2.32. The minimum Gasteiger partial charge on any atom is -0.453 e. The highest BCUT2D eigenvalue weighted by atomic mass is 19.4. The normalized spacial score (nSPS) is 27.5. The fraction of sp³-hybridized carbons (Fsp3) is 0.682. The van der Waals surface area contributed by atoms with Crippen molar-refractivity contribution < 1.29 is 22.7 Å². The second-order valence-electron chi connectivity index (χ2n) is 9.04. The van der Waals surface area contributed by atoms with Gasteiger partial charge in [-0.15, -0.1) is 0 Å². The molecule has 3 heterocycles. The summed E-state index contributed by atoms with van der Waals surface area (Å²) in [5.74, 6) is -0.764. The second-order valence-corrected chi connectivity index (χ2v) is 9.04. The Morgan fingerprint density at radius 3 is 2.52 bits per heavy atom. The maximum atomic E-state index is 13.0. The molecule has 6 nitrogen and oxygen atoms in total. The van der Waals surface area contributed by atoms with Crippen LogP contribution in [0.1, 0.15) is 67.9 Å². The van der Waals surface area contributed by atoms with Crippen LogP contribution in [0.15, 0.2) is 12.1 Å². The number of rotatable bonds is 2. The first kappa shape index (κ1) is 21.9. The van der Waals surface area contributed by atoms with E-state index in [1.54, 1.807) is 4.90 Å². The van der Waals surface area contributed by atoms with Gasteiger partial charge in [0.25, 0.3) is 0 Å². The smallest absolute Gasteiger partial charge is 0.409 e. The number of halogens is 3. The van der Waals surface area contributed by atoms with E-state index in [9.17, 15) is 18.0 Å². The highest BCUT2D eigenvalue weighted by Crippen LogP contribution is 2.43. The minimum absolute atomic E-state index is 0.0174. The van der Waals surface area contributed by atoms with Crippen molar-refractivity contribution in [2.45, 2.75) is 64.0 Å². The molecule has 0 radical (unpaired) electrons. The topological polar surface area (TPSA) is 59.7 Å². The quantitative estimate of drug-likeness (QED) is 0.657. The standard InChI is InChI=1S/C22H29F3N4O2/c1-13-8-9-28(21(30)31-3)12-17(13)19-10-14(2)26-20-11-18(27-29(19)20)15-4-6-16(7-5-15)22(23,24)25/h10-11,13,15-17H,4-9,12H2,1-3H3/t13-,15?,16?,17+/m0/s1. The number of aryl methyl sites for hydroxylation is 1. The average Bonchev–Trinajstić information content (AvgIpc) is 3.16. The van der Waals surface area contributed by atoms with E-state index in [0.717, 1.165) is 23.5 Å². The molecule has 0 bridgehead atoms. The monoisotopic (exact) mass is 438 g/mol. The molecule has 1 aliphatic heterocycles. The Kier molecular flexibility index (Phi) is 5.87. The zero-order chi connectivity index (χ0) is 22.3. The van der Waals surface area contributed by atoms with Crippen LogP contribution >= 0.6 is 0 Å². The van der Waals surface area contributed by atoms with Gasteiger partial charge >= 0.3 is 12.3 Å². The van der Waals surface area contributed by atoms with Crippen molar-refractivity contribution >= 4 is 11.7 Å². The molecule has 2 aromatic rings. The molecule has 1 saturated heterocycles. The molecule has 1 saturated carbocycles. The van der Waals surface area contributed by atoms with Crippen molar-refractivity contribution in [2.75, 3.05) is 20.2 Å². The summed E-state index contributed by atoms with van der Waals surface area (Å²) >= 11 is 0. The fourth-order valence-corrected chi connectivity index (χ4v) is 5.08. The van der Waals surface area contributed by atoms with Crippen molar-refractivity contribution in [1.82, 2.24) is 19.5 Å². The average molecular weight is 438 g/mol. The number of methoxy groups -OCH3 is 1. The summed E-state index contributed by atoms with van der Waals surface area (Å²) in [5, 5.41) is 4.80. The molecular formula is C22H29F3N4O2. The maximum absolute atomic E-state index is 13.0. The van der Waals surface area contributed by atoms with E-state index in [0.29, 0.717) is 37.5 Å². The Morgan fingerprint density at radius 1 is 1.16 bits per heavy atom. The third-order valence-corrected chi connectivity index (χ3v) is 6.98. The Balaban J connectivity index is 1.62. The number of ether oxygens (including phenoxy) is 1. The number of hydrogen-bond acceptors (Lipinski definition) is 4. The summed E-state index contributed by atoms with van der Waals surface area (Å²) in [6, 6.07) is 3.92. The summed E-state index contributed by atoms with van der Waals surface area (Å²) in [6.45, 7) is 5.29. The zero-order valence-electron chi connectivity index (χ0n) is 18.2. The molecular weight excluding hydrogens is 409 g/mol. The van der Waals surface area contributed by atoms with Gasteiger partial charge in [0.05, 0.1) is 24.4 Å². The van der Waals surface area contributed by atoms with Crippen molar-refractivity contribution in [3.05, 3.63) is 29.2 Å². The highest BCUT2D eigenvalue weighted by Gasteiger charge is 2.42. The lowest BCUT2D eigenvalue weighted by molar-refractivity contribution is -0.182. The SMILES string of the molecule is COC(=O)N1CC[C@H](C)[C@H](c2cc(C)nc3cc(C4CCC(C(F)(F)F)CC4)nn23)C1. The summed E-state index contributed by atoms with van der Waals surface area (Å²) in [6.07, 6.45) is -2.32. The number of nitrogens with zero attached hydrogens (tertiary/aromatic N) is 4. The van der Waals surface area contributed by atoms with Crippen molar-refractivity contribution in [2.24, 2.45) is 11.8 Å². The molecule has 2 atom stereocenters. The number of aromatic nitrogens is 3. The van der Waals surface area contributed by atoms with Crippen molar-refractivity contribution in [1.29, 1.82) is 0 Å². The predicted octanol–water partition coefficient (Wildman–Crippen LogP) is 5.07. The van der Waals surface area contributed by atoms with Crippen LogP contribution < -0.4 is 0 Å².